The van der Waals surface area contributed by atoms with E-state index in [9.17, 15) is 4.79 Å². The van der Waals surface area contributed by atoms with Crippen LogP contribution in [-0.4, -0.2) is 18.2 Å². The maximum Gasteiger partial charge on any atom is 0.382 e. The van der Waals surface area contributed by atoms with Crippen molar-refractivity contribution in [3.8, 4) is 17.6 Å². The minimum Gasteiger partial charge on any atom is -0.496 e. The molecule has 0 amide bonds. The molecule has 0 fully saturated rings. The molecule has 1 aromatic heterocycles. The summed E-state index contributed by atoms with van der Waals surface area (Å²) in [7, 11) is 1.55. The third-order valence-electron chi connectivity index (χ3n) is 1.10. The second kappa shape index (κ2) is 3.79. The van der Waals surface area contributed by atoms with E-state index in [4.69, 9.17) is 9.84 Å². The van der Waals surface area contributed by atoms with Crippen LogP contribution in [-0.2, 0) is 4.79 Å². The minimum absolute atomic E-state index is 0.689. The van der Waals surface area contributed by atoms with Gasteiger partial charge in [0.25, 0.3) is 0 Å². The van der Waals surface area contributed by atoms with Crippen LogP contribution < -0.4 is 4.74 Å². The van der Waals surface area contributed by atoms with Gasteiger partial charge in [0.2, 0.25) is 0 Å². The largest absolute Gasteiger partial charge is 0.496 e. The molecule has 0 aliphatic heterocycles. The number of carboxylic acids is 1. The standard InChI is InChI=1S/C8H6O3S/c1-11-6-4-7(12-5-6)2-3-8(9)10/h4-5H,1H3,(H,9,10). The summed E-state index contributed by atoms with van der Waals surface area (Å²) in [6.07, 6.45) is 0. The molecule has 0 saturated carbocycles. The van der Waals surface area contributed by atoms with Crippen LogP contribution in [0.5, 0.6) is 5.75 Å². The molecule has 1 heterocycles. The molecular weight excluding hydrogens is 176 g/mol. The fourth-order valence-corrected chi connectivity index (χ4v) is 1.31. The highest BCUT2D eigenvalue weighted by molar-refractivity contribution is 7.10. The molecule has 0 aliphatic carbocycles. The molecule has 3 nitrogen and oxygen atoms in total. The van der Waals surface area contributed by atoms with Crippen LogP contribution in [0.3, 0.4) is 0 Å². The maximum absolute atomic E-state index is 10.0. The maximum atomic E-state index is 10.0. The van der Waals surface area contributed by atoms with E-state index in [1.165, 1.54) is 11.3 Å². The Hall–Kier alpha value is -1.47. The van der Waals surface area contributed by atoms with Crippen molar-refractivity contribution in [2.24, 2.45) is 0 Å². The van der Waals surface area contributed by atoms with Crippen molar-refractivity contribution in [3.05, 3.63) is 16.3 Å². The summed E-state index contributed by atoms with van der Waals surface area (Å²) in [6.45, 7) is 0. The van der Waals surface area contributed by atoms with Gasteiger partial charge in [-0.05, 0) is 5.92 Å². The lowest BCUT2D eigenvalue weighted by atomic mass is 10.4. The Morgan fingerprint density at radius 3 is 3.00 bits per heavy atom. The Morgan fingerprint density at radius 2 is 2.50 bits per heavy atom. The Labute approximate surface area is 73.6 Å². The van der Waals surface area contributed by atoms with Crippen molar-refractivity contribution in [1.82, 2.24) is 0 Å². The van der Waals surface area contributed by atoms with Gasteiger partial charge < -0.3 is 9.84 Å². The van der Waals surface area contributed by atoms with Crippen molar-refractivity contribution in [3.63, 3.8) is 0 Å². The predicted molar refractivity (Wildman–Crippen MR) is 45.4 cm³/mol. The SMILES string of the molecule is COc1csc(C#CC(=O)O)c1. The average molecular weight is 182 g/mol. The number of carbonyl (C=O) groups is 1. The first-order valence-electron chi connectivity index (χ1n) is 3.10. The number of rotatable bonds is 1. The monoisotopic (exact) mass is 182 g/mol. The molecule has 1 N–H and O–H groups in total. The van der Waals surface area contributed by atoms with Gasteiger partial charge in [0.05, 0.1) is 12.0 Å². The van der Waals surface area contributed by atoms with E-state index in [1.807, 2.05) is 5.92 Å². The van der Waals surface area contributed by atoms with Crippen LogP contribution in [0.2, 0.25) is 0 Å². The molecule has 0 aliphatic rings. The zero-order valence-electron chi connectivity index (χ0n) is 6.33. The van der Waals surface area contributed by atoms with Crippen molar-refractivity contribution in [2.45, 2.75) is 0 Å². The highest BCUT2D eigenvalue weighted by Crippen LogP contribution is 2.19. The predicted octanol–water partition coefficient (Wildman–Crippen LogP) is 1.19. The quantitative estimate of drug-likeness (QED) is 0.663. The van der Waals surface area contributed by atoms with Crippen LogP contribution in [0.15, 0.2) is 11.4 Å². The Bertz CT molecular complexity index is 343. The summed E-state index contributed by atoms with van der Waals surface area (Å²) in [5.74, 6) is 4.09. The van der Waals surface area contributed by atoms with E-state index in [1.54, 1.807) is 18.6 Å². The van der Waals surface area contributed by atoms with Gasteiger partial charge in [-0.15, -0.1) is 11.3 Å². The Balaban J connectivity index is 2.78. The first kappa shape index (κ1) is 8.62. The molecule has 1 rings (SSSR count). The summed E-state index contributed by atoms with van der Waals surface area (Å²) in [4.78, 5) is 10.7. The van der Waals surface area contributed by atoms with Crippen molar-refractivity contribution in [1.29, 1.82) is 0 Å². The van der Waals surface area contributed by atoms with Crippen molar-refractivity contribution in [2.75, 3.05) is 7.11 Å². The van der Waals surface area contributed by atoms with Crippen LogP contribution >= 0.6 is 11.3 Å². The summed E-state index contributed by atoms with van der Waals surface area (Å²) in [5.41, 5.74) is 0. The molecule has 1 aromatic rings. The second-order valence-corrected chi connectivity index (χ2v) is 2.82. The minimum atomic E-state index is -1.12. The summed E-state index contributed by atoms with van der Waals surface area (Å²) in [5, 5.41) is 10.0. The lowest BCUT2D eigenvalue weighted by Gasteiger charge is -1.87. The molecule has 0 atom stereocenters. The molecule has 0 bridgehead atoms. The van der Waals surface area contributed by atoms with E-state index in [-0.39, 0.29) is 0 Å². The third-order valence-corrected chi connectivity index (χ3v) is 1.93. The first-order valence-corrected chi connectivity index (χ1v) is 3.98. The molecule has 0 unspecified atom stereocenters. The van der Waals surface area contributed by atoms with E-state index >= 15 is 0 Å². The second-order valence-electron chi connectivity index (χ2n) is 1.91. The summed E-state index contributed by atoms with van der Waals surface area (Å²) in [6, 6.07) is 1.70. The summed E-state index contributed by atoms with van der Waals surface area (Å²) >= 11 is 1.35. The van der Waals surface area contributed by atoms with E-state index in [2.05, 4.69) is 5.92 Å². The highest BCUT2D eigenvalue weighted by Gasteiger charge is 1.95. The molecular formula is C8H6O3S. The normalized spacial score (nSPS) is 8.42. The number of hydrogen-bond acceptors (Lipinski definition) is 3. The number of aliphatic carboxylic acids is 1. The van der Waals surface area contributed by atoms with Crippen molar-refractivity contribution >= 4 is 17.3 Å². The van der Waals surface area contributed by atoms with Gasteiger partial charge in [0.1, 0.15) is 5.75 Å². The molecule has 0 aromatic carbocycles. The lowest BCUT2D eigenvalue weighted by Crippen LogP contribution is -1.86. The molecule has 0 spiro atoms. The van der Waals surface area contributed by atoms with Crippen LogP contribution in [0.4, 0.5) is 0 Å². The van der Waals surface area contributed by atoms with Gasteiger partial charge in [-0.25, -0.2) is 4.79 Å². The number of carboxylic acid groups (broad SMARTS) is 1. The fraction of sp³-hybridized carbons (Fsp3) is 0.125. The average Bonchev–Trinajstić information content (AvgIpc) is 2.48. The van der Waals surface area contributed by atoms with E-state index in [0.29, 0.717) is 10.6 Å². The van der Waals surface area contributed by atoms with Gasteiger partial charge >= 0.3 is 5.97 Å². The Kier molecular flexibility index (Phi) is 2.72. The third kappa shape index (κ3) is 2.29. The number of hydrogen-bond donors (Lipinski definition) is 1. The van der Waals surface area contributed by atoms with Gasteiger partial charge in [0.15, 0.2) is 0 Å². The van der Waals surface area contributed by atoms with Gasteiger partial charge in [-0.1, -0.05) is 0 Å². The molecule has 62 valence electrons. The fourth-order valence-electron chi connectivity index (χ4n) is 0.606. The van der Waals surface area contributed by atoms with Crippen LogP contribution in [0.1, 0.15) is 4.88 Å². The van der Waals surface area contributed by atoms with Gasteiger partial charge in [-0.2, -0.15) is 0 Å². The molecule has 4 heteroatoms. The molecule has 12 heavy (non-hydrogen) atoms. The van der Waals surface area contributed by atoms with Gasteiger partial charge in [-0.3, -0.25) is 0 Å². The molecule has 0 saturated heterocycles. The zero-order valence-corrected chi connectivity index (χ0v) is 7.14. The first-order chi connectivity index (χ1) is 5.72. The Morgan fingerprint density at radius 1 is 1.75 bits per heavy atom. The van der Waals surface area contributed by atoms with E-state index in [0.717, 1.165) is 0 Å². The van der Waals surface area contributed by atoms with Crippen molar-refractivity contribution < 1.29 is 14.6 Å². The summed E-state index contributed by atoms with van der Waals surface area (Å²) < 4.78 is 4.90. The van der Waals surface area contributed by atoms with E-state index < -0.39 is 5.97 Å². The number of thiophene rings is 1. The lowest BCUT2D eigenvalue weighted by molar-refractivity contribution is -0.130. The zero-order chi connectivity index (χ0) is 8.97. The van der Waals surface area contributed by atoms with Crippen LogP contribution in [0.25, 0.3) is 0 Å². The molecule has 0 radical (unpaired) electrons. The smallest absolute Gasteiger partial charge is 0.382 e. The van der Waals surface area contributed by atoms with Crippen LogP contribution in [0, 0.1) is 11.8 Å². The number of ether oxygens (including phenoxy) is 1. The topological polar surface area (TPSA) is 46.5 Å². The number of methoxy groups -OCH3 is 1. The van der Waals surface area contributed by atoms with Gasteiger partial charge in [0, 0.05) is 17.4 Å². The highest BCUT2D eigenvalue weighted by atomic mass is 32.1.